The largest absolute Gasteiger partial charge is 0.208 e. The zero-order valence-corrected chi connectivity index (χ0v) is 24.9. The van der Waals surface area contributed by atoms with Crippen molar-refractivity contribution in [2.45, 2.75) is 0 Å². The zero-order valence-electron chi connectivity index (χ0n) is 24.9. The van der Waals surface area contributed by atoms with Gasteiger partial charge in [0.05, 0.1) is 0 Å². The van der Waals surface area contributed by atoms with Crippen molar-refractivity contribution in [3.05, 3.63) is 164 Å². The summed E-state index contributed by atoms with van der Waals surface area (Å²) in [6.07, 6.45) is 0. The van der Waals surface area contributed by atoms with E-state index in [2.05, 4.69) is 127 Å². The van der Waals surface area contributed by atoms with Crippen LogP contribution >= 0.6 is 0 Å². The van der Waals surface area contributed by atoms with E-state index in [1.54, 1.807) is 0 Å². The maximum atomic E-state index is 5.13. The number of aromatic nitrogens is 3. The molecule has 0 saturated heterocycles. The van der Waals surface area contributed by atoms with Gasteiger partial charge in [0.1, 0.15) is 0 Å². The van der Waals surface area contributed by atoms with Gasteiger partial charge in [0.2, 0.25) is 0 Å². The van der Waals surface area contributed by atoms with E-state index in [1.807, 2.05) is 36.4 Å². The van der Waals surface area contributed by atoms with Crippen LogP contribution in [0.1, 0.15) is 0 Å². The first kappa shape index (κ1) is 26.2. The molecule has 0 saturated carbocycles. The van der Waals surface area contributed by atoms with Crippen molar-refractivity contribution in [2.75, 3.05) is 0 Å². The van der Waals surface area contributed by atoms with Crippen LogP contribution in [-0.4, -0.2) is 15.0 Å². The monoisotopic (exact) mass is 585 g/mol. The van der Waals surface area contributed by atoms with Gasteiger partial charge in [-0.2, -0.15) is 0 Å². The third-order valence-electron chi connectivity index (χ3n) is 8.89. The highest BCUT2D eigenvalue weighted by Crippen LogP contribution is 2.54. The maximum absolute atomic E-state index is 5.13. The van der Waals surface area contributed by atoms with Crippen LogP contribution < -0.4 is 0 Å². The molecule has 8 aromatic rings. The lowest BCUT2D eigenvalue weighted by molar-refractivity contribution is 1.07. The lowest BCUT2D eigenvalue weighted by Crippen LogP contribution is -2.01. The Hall–Kier alpha value is -6.19. The van der Waals surface area contributed by atoms with Gasteiger partial charge in [-0.1, -0.05) is 158 Å². The van der Waals surface area contributed by atoms with Gasteiger partial charge in [-0.25, -0.2) is 15.0 Å². The minimum absolute atomic E-state index is 0.660. The molecule has 0 amide bonds. The fourth-order valence-corrected chi connectivity index (χ4v) is 6.75. The molecule has 0 unspecified atom stereocenters. The first-order valence-corrected chi connectivity index (χ1v) is 15.5. The summed E-state index contributed by atoms with van der Waals surface area (Å²) in [5.41, 5.74) is 12.6. The maximum Gasteiger partial charge on any atom is 0.164 e. The number of fused-ring (bicyclic) bond motifs is 3. The average Bonchev–Trinajstić information content (AvgIpc) is 3.48. The second-order valence-electron chi connectivity index (χ2n) is 11.6. The molecule has 1 aliphatic rings. The highest BCUT2D eigenvalue weighted by atomic mass is 15.0. The summed E-state index contributed by atoms with van der Waals surface area (Å²) in [5, 5.41) is 2.50. The Bertz CT molecular complexity index is 2320. The lowest BCUT2D eigenvalue weighted by Gasteiger charge is -2.16. The molecule has 1 aromatic heterocycles. The number of nitrogens with zero attached hydrogens (tertiary/aromatic N) is 3. The van der Waals surface area contributed by atoms with Gasteiger partial charge in [0.15, 0.2) is 17.5 Å². The van der Waals surface area contributed by atoms with Gasteiger partial charge >= 0.3 is 0 Å². The van der Waals surface area contributed by atoms with Crippen molar-refractivity contribution in [1.29, 1.82) is 0 Å². The number of rotatable bonds is 5. The predicted octanol–water partition coefficient (Wildman–Crippen LogP) is 11.0. The van der Waals surface area contributed by atoms with E-state index in [1.165, 1.54) is 55.3 Å². The van der Waals surface area contributed by atoms with Crippen molar-refractivity contribution < 1.29 is 0 Å². The first-order chi connectivity index (χ1) is 22.8. The van der Waals surface area contributed by atoms with Crippen molar-refractivity contribution in [3.8, 4) is 78.7 Å². The molecule has 3 nitrogen and oxygen atoms in total. The summed E-state index contributed by atoms with van der Waals surface area (Å²) in [5.74, 6) is 1.99. The van der Waals surface area contributed by atoms with E-state index in [0.29, 0.717) is 17.5 Å². The van der Waals surface area contributed by atoms with Gasteiger partial charge in [-0.15, -0.1) is 0 Å². The van der Waals surface area contributed by atoms with E-state index in [0.717, 1.165) is 16.7 Å². The minimum atomic E-state index is 0.660. The normalized spacial score (nSPS) is 11.5. The lowest BCUT2D eigenvalue weighted by atomic mass is 9.89. The SMILES string of the molecule is c1ccc(-c2ccc(-c3ccc(-c4nc(-c5ccccc5)nc(-c5ccccc5)n4)c4c3-c3cccc5cccc-4c35)cc2)cc1. The number of benzene rings is 7. The van der Waals surface area contributed by atoms with Crippen LogP contribution in [0.4, 0.5) is 0 Å². The van der Waals surface area contributed by atoms with Gasteiger partial charge in [0, 0.05) is 22.3 Å². The molecule has 0 fully saturated rings. The Morgan fingerprint density at radius 3 is 1.26 bits per heavy atom. The van der Waals surface area contributed by atoms with Gasteiger partial charge in [-0.3, -0.25) is 0 Å². The van der Waals surface area contributed by atoms with E-state index in [-0.39, 0.29) is 0 Å². The second-order valence-corrected chi connectivity index (χ2v) is 11.6. The van der Waals surface area contributed by atoms with Gasteiger partial charge in [0.25, 0.3) is 0 Å². The Balaban J connectivity index is 1.29. The summed E-state index contributed by atoms with van der Waals surface area (Å²) in [4.78, 5) is 15.2. The topological polar surface area (TPSA) is 38.7 Å². The quantitative estimate of drug-likeness (QED) is 0.202. The van der Waals surface area contributed by atoms with Crippen LogP contribution in [0.25, 0.3) is 89.4 Å². The van der Waals surface area contributed by atoms with E-state index < -0.39 is 0 Å². The molecule has 0 atom stereocenters. The fourth-order valence-electron chi connectivity index (χ4n) is 6.75. The minimum Gasteiger partial charge on any atom is -0.208 e. The van der Waals surface area contributed by atoms with Crippen LogP contribution in [0.3, 0.4) is 0 Å². The summed E-state index contributed by atoms with van der Waals surface area (Å²) < 4.78 is 0. The molecule has 214 valence electrons. The summed E-state index contributed by atoms with van der Waals surface area (Å²) in [6, 6.07) is 57.4. The summed E-state index contributed by atoms with van der Waals surface area (Å²) in [7, 11) is 0. The first-order valence-electron chi connectivity index (χ1n) is 15.5. The van der Waals surface area contributed by atoms with Gasteiger partial charge < -0.3 is 0 Å². The average molecular weight is 586 g/mol. The van der Waals surface area contributed by atoms with Crippen LogP contribution in [0.15, 0.2) is 164 Å². The molecule has 3 heteroatoms. The third kappa shape index (κ3) is 4.33. The Labute approximate surface area is 267 Å². The molecule has 1 heterocycles. The van der Waals surface area contributed by atoms with Crippen LogP contribution in [0.2, 0.25) is 0 Å². The van der Waals surface area contributed by atoms with Crippen LogP contribution in [0.5, 0.6) is 0 Å². The molecule has 7 aromatic carbocycles. The molecule has 0 N–H and O–H groups in total. The smallest absolute Gasteiger partial charge is 0.164 e. The second kappa shape index (κ2) is 10.8. The van der Waals surface area contributed by atoms with Crippen molar-refractivity contribution in [3.63, 3.8) is 0 Å². The van der Waals surface area contributed by atoms with E-state index in [9.17, 15) is 0 Å². The predicted molar refractivity (Wildman–Crippen MR) is 189 cm³/mol. The Morgan fingerprint density at radius 2 is 0.696 bits per heavy atom. The van der Waals surface area contributed by atoms with Crippen LogP contribution in [0, 0.1) is 0 Å². The van der Waals surface area contributed by atoms with E-state index >= 15 is 0 Å². The highest BCUT2D eigenvalue weighted by Gasteiger charge is 2.29. The molecule has 0 bridgehead atoms. The number of hydrogen-bond donors (Lipinski definition) is 0. The third-order valence-corrected chi connectivity index (χ3v) is 8.89. The standard InChI is InChI=1S/C43H27N3/c1-4-12-28(13-5-1)29-22-24-30(25-23-29)34-26-27-37(40-36-21-11-19-31-18-10-20-35(38(31)36)39(34)40)43-45-41(32-14-6-2-7-15-32)44-42(46-43)33-16-8-3-9-17-33/h1-27H. The van der Waals surface area contributed by atoms with Crippen LogP contribution in [-0.2, 0) is 0 Å². The van der Waals surface area contributed by atoms with Crippen molar-refractivity contribution >= 4 is 10.8 Å². The zero-order chi connectivity index (χ0) is 30.5. The summed E-state index contributed by atoms with van der Waals surface area (Å²) in [6.45, 7) is 0. The molecule has 0 aliphatic heterocycles. The molecule has 0 spiro atoms. The molecular weight excluding hydrogens is 558 g/mol. The number of hydrogen-bond acceptors (Lipinski definition) is 3. The molecule has 46 heavy (non-hydrogen) atoms. The van der Waals surface area contributed by atoms with Crippen molar-refractivity contribution in [1.82, 2.24) is 15.0 Å². The van der Waals surface area contributed by atoms with E-state index in [4.69, 9.17) is 15.0 Å². The van der Waals surface area contributed by atoms with Gasteiger partial charge in [-0.05, 0) is 55.8 Å². The molecular formula is C43H27N3. The molecule has 1 aliphatic carbocycles. The fraction of sp³-hybridized carbons (Fsp3) is 0. The molecule has 9 rings (SSSR count). The molecule has 0 radical (unpaired) electrons. The van der Waals surface area contributed by atoms with Crippen molar-refractivity contribution in [2.24, 2.45) is 0 Å². The Kier molecular flexibility index (Phi) is 6.14. The Morgan fingerprint density at radius 1 is 0.261 bits per heavy atom. The highest BCUT2D eigenvalue weighted by molar-refractivity contribution is 6.20. The summed E-state index contributed by atoms with van der Waals surface area (Å²) >= 11 is 0.